The Bertz CT molecular complexity index is 1070. The third-order valence-corrected chi connectivity index (χ3v) is 4.70. The van der Waals surface area contributed by atoms with E-state index in [0.29, 0.717) is 16.8 Å². The minimum absolute atomic E-state index is 0.00520. The molecule has 0 bridgehead atoms. The van der Waals surface area contributed by atoms with Gasteiger partial charge in [-0.3, -0.25) is 4.79 Å². The van der Waals surface area contributed by atoms with Gasteiger partial charge in [-0.25, -0.2) is 0 Å². The second-order valence-corrected chi connectivity index (χ2v) is 6.42. The largest absolute Gasteiger partial charge is 0.619 e. The van der Waals surface area contributed by atoms with Gasteiger partial charge in [0.15, 0.2) is 12.4 Å². The first-order valence-electron chi connectivity index (χ1n) is 8.80. The molecule has 0 aliphatic rings. The van der Waals surface area contributed by atoms with Crippen LogP contribution in [0, 0.1) is 5.21 Å². The van der Waals surface area contributed by atoms with Crippen molar-refractivity contribution >= 4 is 16.8 Å². The molecule has 0 aliphatic heterocycles. The average molecular weight is 357 g/mol. The van der Waals surface area contributed by atoms with Crippen molar-refractivity contribution in [1.29, 1.82) is 0 Å². The Morgan fingerprint density at radius 3 is 2.63 bits per heavy atom. The number of aromatic nitrogens is 2. The number of carbonyl (C=O) groups excluding carboxylic acids is 1. The van der Waals surface area contributed by atoms with Gasteiger partial charge in [0.25, 0.3) is 5.91 Å². The molecule has 2 N–H and O–H groups in total. The van der Waals surface area contributed by atoms with Crippen LogP contribution >= 0.6 is 0 Å². The van der Waals surface area contributed by atoms with E-state index in [1.54, 1.807) is 12.1 Å². The number of H-pyrrole nitrogens is 1. The lowest BCUT2D eigenvalue weighted by Crippen LogP contribution is -2.32. The van der Waals surface area contributed by atoms with Crippen LogP contribution in [0.25, 0.3) is 10.9 Å². The fraction of sp³-hybridized carbons (Fsp3) is 0.0909. The molecule has 2 aromatic carbocycles. The Morgan fingerprint density at radius 1 is 1.04 bits per heavy atom. The van der Waals surface area contributed by atoms with E-state index in [0.717, 1.165) is 22.0 Å². The molecule has 0 aliphatic carbocycles. The molecule has 5 heteroatoms. The minimum Gasteiger partial charge on any atom is -0.619 e. The van der Waals surface area contributed by atoms with Crippen LogP contribution in [0.1, 0.15) is 27.4 Å². The maximum atomic E-state index is 12.5. The molecule has 1 atom stereocenters. The topological polar surface area (TPSA) is 71.8 Å². The molecule has 134 valence electrons. The fourth-order valence-electron chi connectivity index (χ4n) is 3.36. The number of nitrogens with zero attached hydrogens (tertiary/aromatic N) is 1. The van der Waals surface area contributed by atoms with Crippen LogP contribution in [0.4, 0.5) is 0 Å². The van der Waals surface area contributed by atoms with Gasteiger partial charge in [0.1, 0.15) is 5.56 Å². The molecule has 0 radical (unpaired) electrons. The van der Waals surface area contributed by atoms with E-state index in [-0.39, 0.29) is 11.8 Å². The van der Waals surface area contributed by atoms with Gasteiger partial charge < -0.3 is 15.5 Å². The van der Waals surface area contributed by atoms with E-state index < -0.39 is 0 Å². The molecule has 0 spiro atoms. The summed E-state index contributed by atoms with van der Waals surface area (Å²) in [5, 5.41) is 15.5. The summed E-state index contributed by atoms with van der Waals surface area (Å²) in [5.74, 6) is -0.268. The minimum atomic E-state index is -0.263. The molecule has 4 aromatic rings. The van der Waals surface area contributed by atoms with Crippen LogP contribution in [0.2, 0.25) is 0 Å². The molecule has 5 nitrogen and oxygen atoms in total. The fourth-order valence-corrected chi connectivity index (χ4v) is 3.36. The quantitative estimate of drug-likeness (QED) is 0.425. The van der Waals surface area contributed by atoms with Crippen LogP contribution in [0.5, 0.6) is 0 Å². The first-order chi connectivity index (χ1) is 13.2. The molecule has 2 heterocycles. The van der Waals surface area contributed by atoms with Crippen molar-refractivity contribution in [3.8, 4) is 0 Å². The normalized spacial score (nSPS) is 12.0. The summed E-state index contributed by atoms with van der Waals surface area (Å²) in [6, 6.07) is 21.4. The van der Waals surface area contributed by atoms with Crippen molar-refractivity contribution in [3.05, 3.63) is 107 Å². The Kier molecular flexibility index (Phi) is 4.58. The van der Waals surface area contributed by atoms with Crippen LogP contribution in [0.3, 0.4) is 0 Å². The summed E-state index contributed by atoms with van der Waals surface area (Å²) in [6.45, 7) is 0.429. The van der Waals surface area contributed by atoms with Gasteiger partial charge in [0.05, 0.1) is 0 Å². The number of pyridine rings is 1. The summed E-state index contributed by atoms with van der Waals surface area (Å²) < 4.78 is 0.628. The van der Waals surface area contributed by atoms with Gasteiger partial charge in [-0.2, -0.15) is 4.73 Å². The van der Waals surface area contributed by atoms with Gasteiger partial charge in [-0.15, -0.1) is 0 Å². The standard InChI is InChI=1S/C22H19N3O2/c26-22(17-9-6-12-25(27)15-17)24-13-19(16-7-2-1-3-8-16)20-14-23-21-11-5-4-10-18(20)21/h1-12,14-15,19,23H,13H2,(H,24,26)/t19-/m1/s1. The second kappa shape index (κ2) is 7.33. The van der Waals surface area contributed by atoms with Crippen LogP contribution in [0.15, 0.2) is 85.3 Å². The number of nitrogens with one attached hydrogen (secondary N) is 2. The van der Waals surface area contributed by atoms with Crippen molar-refractivity contribution < 1.29 is 9.52 Å². The van der Waals surface area contributed by atoms with Gasteiger partial charge >= 0.3 is 0 Å². The van der Waals surface area contributed by atoms with Crippen LogP contribution in [-0.4, -0.2) is 17.4 Å². The lowest BCUT2D eigenvalue weighted by atomic mass is 9.91. The Labute approximate surface area is 156 Å². The molecule has 2 aromatic heterocycles. The Balaban J connectivity index is 1.64. The molecule has 27 heavy (non-hydrogen) atoms. The van der Waals surface area contributed by atoms with E-state index >= 15 is 0 Å². The van der Waals surface area contributed by atoms with Gasteiger partial charge in [0.2, 0.25) is 0 Å². The number of hydrogen-bond donors (Lipinski definition) is 2. The van der Waals surface area contributed by atoms with E-state index in [1.165, 1.54) is 12.4 Å². The van der Waals surface area contributed by atoms with Crippen molar-refractivity contribution in [1.82, 2.24) is 10.3 Å². The summed E-state index contributed by atoms with van der Waals surface area (Å²) >= 11 is 0. The highest BCUT2D eigenvalue weighted by molar-refractivity contribution is 5.93. The predicted octanol–water partition coefficient (Wildman–Crippen LogP) is 3.36. The maximum Gasteiger partial charge on any atom is 0.257 e. The number of benzene rings is 2. The molecule has 0 saturated carbocycles. The number of para-hydroxylation sites is 1. The summed E-state index contributed by atoms with van der Waals surface area (Å²) in [5.41, 5.74) is 3.66. The molecule has 0 saturated heterocycles. The zero-order valence-corrected chi connectivity index (χ0v) is 14.6. The monoisotopic (exact) mass is 357 g/mol. The van der Waals surface area contributed by atoms with Gasteiger partial charge in [0, 0.05) is 35.6 Å². The first-order valence-corrected chi connectivity index (χ1v) is 8.80. The van der Waals surface area contributed by atoms with Crippen molar-refractivity contribution in [2.45, 2.75) is 5.92 Å². The van der Waals surface area contributed by atoms with E-state index in [4.69, 9.17) is 0 Å². The van der Waals surface area contributed by atoms with Crippen molar-refractivity contribution in [2.24, 2.45) is 0 Å². The number of hydrogen-bond acceptors (Lipinski definition) is 2. The summed E-state index contributed by atoms with van der Waals surface area (Å²) in [6.07, 6.45) is 4.64. The number of rotatable bonds is 5. The first kappa shape index (κ1) is 16.8. The molecular weight excluding hydrogens is 338 g/mol. The van der Waals surface area contributed by atoms with Crippen LogP contribution in [-0.2, 0) is 0 Å². The van der Waals surface area contributed by atoms with Gasteiger partial charge in [-0.1, -0.05) is 48.5 Å². The highest BCUT2D eigenvalue weighted by atomic mass is 16.5. The zero-order valence-electron chi connectivity index (χ0n) is 14.6. The zero-order chi connectivity index (χ0) is 18.6. The highest BCUT2D eigenvalue weighted by Gasteiger charge is 2.19. The van der Waals surface area contributed by atoms with Crippen molar-refractivity contribution in [3.63, 3.8) is 0 Å². The maximum absolute atomic E-state index is 12.5. The smallest absolute Gasteiger partial charge is 0.257 e. The molecule has 0 fully saturated rings. The second-order valence-electron chi connectivity index (χ2n) is 6.42. The number of carbonyl (C=O) groups is 1. The number of fused-ring (bicyclic) bond motifs is 1. The number of amides is 1. The highest BCUT2D eigenvalue weighted by Crippen LogP contribution is 2.30. The SMILES string of the molecule is O=C(NC[C@H](c1ccccc1)c1c[nH]c2ccccc12)c1ccc[n+]([O-])c1. The predicted molar refractivity (Wildman–Crippen MR) is 104 cm³/mol. The summed E-state index contributed by atoms with van der Waals surface area (Å²) in [7, 11) is 0. The Hall–Kier alpha value is -3.60. The van der Waals surface area contributed by atoms with E-state index in [9.17, 15) is 10.0 Å². The lowest BCUT2D eigenvalue weighted by molar-refractivity contribution is -0.605. The molecule has 0 unspecified atom stereocenters. The van der Waals surface area contributed by atoms with E-state index in [1.807, 2.05) is 42.6 Å². The van der Waals surface area contributed by atoms with Gasteiger partial charge in [-0.05, 0) is 23.3 Å². The third-order valence-electron chi connectivity index (χ3n) is 4.70. The third kappa shape index (κ3) is 3.53. The van der Waals surface area contributed by atoms with E-state index in [2.05, 4.69) is 28.5 Å². The number of aromatic amines is 1. The average Bonchev–Trinajstić information content (AvgIpc) is 3.13. The van der Waals surface area contributed by atoms with Crippen LogP contribution < -0.4 is 10.0 Å². The Morgan fingerprint density at radius 2 is 1.81 bits per heavy atom. The molecule has 4 rings (SSSR count). The van der Waals surface area contributed by atoms with Crippen molar-refractivity contribution in [2.75, 3.05) is 6.54 Å². The molecular formula is C22H19N3O2. The summed E-state index contributed by atoms with van der Waals surface area (Å²) in [4.78, 5) is 15.8. The molecule has 1 amide bonds. The lowest BCUT2D eigenvalue weighted by Gasteiger charge is -2.18.